The zero-order chi connectivity index (χ0) is 30.8. The predicted molar refractivity (Wildman–Crippen MR) is 167 cm³/mol. The van der Waals surface area contributed by atoms with E-state index >= 15 is 0 Å². The number of anilines is 1. The van der Waals surface area contributed by atoms with Crippen molar-refractivity contribution in [2.45, 2.75) is 26.5 Å². The van der Waals surface area contributed by atoms with Gasteiger partial charge in [-0.3, -0.25) is 14.5 Å². The summed E-state index contributed by atoms with van der Waals surface area (Å²) in [4.78, 5) is 41.8. The molecular weight excluding hydrogens is 582 g/mol. The van der Waals surface area contributed by atoms with Crippen molar-refractivity contribution in [1.82, 2.24) is 0 Å². The molecule has 1 aliphatic rings. The quantitative estimate of drug-likeness (QED) is 0.161. The van der Waals surface area contributed by atoms with E-state index < -0.39 is 17.9 Å². The molecule has 5 aromatic rings. The molecular formula is C35H28ClNO7. The summed E-state index contributed by atoms with van der Waals surface area (Å²) in [5.41, 5.74) is 2.47. The van der Waals surface area contributed by atoms with Crippen LogP contribution in [0.15, 0.2) is 100 Å². The van der Waals surface area contributed by atoms with Gasteiger partial charge in [0.15, 0.2) is 16.9 Å². The minimum atomic E-state index is -0.868. The third-order valence-corrected chi connectivity index (χ3v) is 7.54. The van der Waals surface area contributed by atoms with Gasteiger partial charge in [-0.1, -0.05) is 48.0 Å². The summed E-state index contributed by atoms with van der Waals surface area (Å²) in [6.45, 7) is 4.54. The fourth-order valence-corrected chi connectivity index (χ4v) is 5.49. The van der Waals surface area contributed by atoms with Crippen LogP contribution in [0.1, 0.15) is 57.5 Å². The summed E-state index contributed by atoms with van der Waals surface area (Å²) in [5, 5.41) is 0.636. The fraction of sp³-hybridized carbons (Fsp3) is 0.171. The van der Waals surface area contributed by atoms with E-state index in [9.17, 15) is 14.4 Å². The lowest BCUT2D eigenvalue weighted by molar-refractivity contribution is 0.0526. The van der Waals surface area contributed by atoms with Gasteiger partial charge in [0.05, 0.1) is 35.8 Å². The lowest BCUT2D eigenvalue weighted by Crippen LogP contribution is -2.29. The fourth-order valence-electron chi connectivity index (χ4n) is 5.32. The molecule has 0 spiro atoms. The van der Waals surface area contributed by atoms with Crippen molar-refractivity contribution in [3.05, 3.63) is 134 Å². The summed E-state index contributed by atoms with van der Waals surface area (Å²) in [7, 11) is 0. The SMILES string of the molecule is CCOC(=O)c1ccc(N2C(=O)c3oc4ccc(Cl)cc4c(=O)c3C2c2ccc(OCc3ccccc3)c(OCC)c2)cc1. The average molecular weight is 610 g/mol. The zero-order valence-electron chi connectivity index (χ0n) is 24.0. The van der Waals surface area contributed by atoms with E-state index in [0.29, 0.717) is 46.5 Å². The lowest BCUT2D eigenvalue weighted by Gasteiger charge is -2.26. The number of hydrogen-bond acceptors (Lipinski definition) is 7. The molecule has 0 N–H and O–H groups in total. The molecule has 1 aromatic heterocycles. The van der Waals surface area contributed by atoms with E-state index in [1.165, 1.54) is 11.0 Å². The first-order chi connectivity index (χ1) is 21.4. The van der Waals surface area contributed by atoms with Crippen LogP contribution in [0.4, 0.5) is 5.69 Å². The van der Waals surface area contributed by atoms with Crippen LogP contribution in [0.25, 0.3) is 11.0 Å². The van der Waals surface area contributed by atoms with E-state index in [-0.39, 0.29) is 34.3 Å². The van der Waals surface area contributed by atoms with Crippen LogP contribution in [0.2, 0.25) is 5.02 Å². The van der Waals surface area contributed by atoms with Crippen molar-refractivity contribution in [3.63, 3.8) is 0 Å². The number of fused-ring (bicyclic) bond motifs is 2. The van der Waals surface area contributed by atoms with Crippen LogP contribution in [0.3, 0.4) is 0 Å². The number of carbonyl (C=O) groups is 2. The van der Waals surface area contributed by atoms with Crippen molar-refractivity contribution in [3.8, 4) is 11.5 Å². The Hall–Kier alpha value is -5.08. The molecule has 0 saturated heterocycles. The third kappa shape index (κ3) is 5.40. The highest BCUT2D eigenvalue weighted by molar-refractivity contribution is 6.31. The number of amides is 1. The molecule has 0 fully saturated rings. The Kier molecular flexibility index (Phi) is 8.09. The molecule has 0 bridgehead atoms. The van der Waals surface area contributed by atoms with Crippen molar-refractivity contribution < 1.29 is 28.2 Å². The maximum atomic E-state index is 14.0. The second-order valence-corrected chi connectivity index (χ2v) is 10.5. The van der Waals surface area contributed by atoms with Crippen LogP contribution in [0, 0.1) is 0 Å². The first-order valence-electron chi connectivity index (χ1n) is 14.2. The molecule has 44 heavy (non-hydrogen) atoms. The molecule has 9 heteroatoms. The Balaban J connectivity index is 1.48. The topological polar surface area (TPSA) is 95.3 Å². The number of rotatable bonds is 9. The van der Waals surface area contributed by atoms with Crippen molar-refractivity contribution in [2.24, 2.45) is 0 Å². The first-order valence-corrected chi connectivity index (χ1v) is 14.6. The molecule has 1 aliphatic heterocycles. The normalized spacial score (nSPS) is 14.0. The molecule has 1 amide bonds. The Morgan fingerprint density at radius 2 is 1.64 bits per heavy atom. The summed E-state index contributed by atoms with van der Waals surface area (Å²) in [6.07, 6.45) is 0. The number of hydrogen-bond donors (Lipinski definition) is 0. The number of carbonyl (C=O) groups excluding carboxylic acids is 2. The molecule has 0 radical (unpaired) electrons. The molecule has 222 valence electrons. The highest BCUT2D eigenvalue weighted by Crippen LogP contribution is 2.43. The van der Waals surface area contributed by atoms with Gasteiger partial charge in [0.25, 0.3) is 5.91 Å². The standard InChI is InChI=1S/C35H28ClNO7/c1-3-41-29-18-23(12-16-28(29)43-20-21-8-6-5-7-9-21)31-30-32(38)26-19-24(36)13-17-27(26)44-33(30)34(39)37(31)25-14-10-22(11-15-25)35(40)42-4-2/h5-19,31H,3-4,20H2,1-2H3. The van der Waals surface area contributed by atoms with E-state index in [2.05, 4.69) is 0 Å². The maximum absolute atomic E-state index is 14.0. The molecule has 0 saturated carbocycles. The van der Waals surface area contributed by atoms with Crippen molar-refractivity contribution in [1.29, 1.82) is 0 Å². The van der Waals surface area contributed by atoms with Gasteiger partial charge in [0, 0.05) is 10.7 Å². The highest BCUT2D eigenvalue weighted by atomic mass is 35.5. The summed E-state index contributed by atoms with van der Waals surface area (Å²) < 4.78 is 23.2. The first kappa shape index (κ1) is 29.0. The minimum Gasteiger partial charge on any atom is -0.490 e. The molecule has 8 nitrogen and oxygen atoms in total. The van der Waals surface area contributed by atoms with Gasteiger partial charge in [-0.15, -0.1) is 0 Å². The van der Waals surface area contributed by atoms with Gasteiger partial charge in [0.2, 0.25) is 5.76 Å². The van der Waals surface area contributed by atoms with Crippen LogP contribution < -0.4 is 19.8 Å². The van der Waals surface area contributed by atoms with Crippen molar-refractivity contribution in [2.75, 3.05) is 18.1 Å². The summed E-state index contributed by atoms with van der Waals surface area (Å²) in [6, 6.07) is 25.4. The van der Waals surface area contributed by atoms with Crippen LogP contribution in [-0.4, -0.2) is 25.1 Å². The minimum absolute atomic E-state index is 0.0633. The largest absolute Gasteiger partial charge is 0.490 e. The lowest BCUT2D eigenvalue weighted by atomic mass is 9.97. The van der Waals surface area contributed by atoms with Gasteiger partial charge in [-0.05, 0) is 79.6 Å². The monoisotopic (exact) mass is 609 g/mol. The predicted octanol–water partition coefficient (Wildman–Crippen LogP) is 7.35. The third-order valence-electron chi connectivity index (χ3n) is 7.31. The maximum Gasteiger partial charge on any atom is 0.338 e. The second-order valence-electron chi connectivity index (χ2n) is 10.1. The Labute approximate surface area is 258 Å². The van der Waals surface area contributed by atoms with E-state index in [4.69, 9.17) is 30.2 Å². The summed E-state index contributed by atoms with van der Waals surface area (Å²) >= 11 is 6.23. The number of esters is 1. The molecule has 0 aliphatic carbocycles. The highest BCUT2D eigenvalue weighted by Gasteiger charge is 2.44. The van der Waals surface area contributed by atoms with Gasteiger partial charge < -0.3 is 18.6 Å². The number of ether oxygens (including phenoxy) is 3. The molecule has 6 rings (SSSR count). The Morgan fingerprint density at radius 3 is 2.36 bits per heavy atom. The van der Waals surface area contributed by atoms with Crippen LogP contribution >= 0.6 is 11.6 Å². The molecule has 2 heterocycles. The van der Waals surface area contributed by atoms with Gasteiger partial charge in [-0.25, -0.2) is 4.79 Å². The van der Waals surface area contributed by atoms with Crippen LogP contribution in [0.5, 0.6) is 11.5 Å². The number of benzene rings is 4. The van der Waals surface area contributed by atoms with Crippen molar-refractivity contribution >= 4 is 40.1 Å². The molecule has 1 atom stereocenters. The molecule has 4 aromatic carbocycles. The van der Waals surface area contributed by atoms with Gasteiger partial charge in [0.1, 0.15) is 12.2 Å². The Morgan fingerprint density at radius 1 is 0.864 bits per heavy atom. The van der Waals surface area contributed by atoms with E-state index in [1.54, 1.807) is 61.5 Å². The van der Waals surface area contributed by atoms with Gasteiger partial charge >= 0.3 is 5.97 Å². The van der Waals surface area contributed by atoms with E-state index in [1.807, 2.05) is 37.3 Å². The summed E-state index contributed by atoms with van der Waals surface area (Å²) in [5.74, 6) is -0.0461. The Bertz CT molecular complexity index is 1920. The number of halogens is 1. The van der Waals surface area contributed by atoms with Gasteiger partial charge in [-0.2, -0.15) is 0 Å². The second kappa shape index (κ2) is 12.3. The van der Waals surface area contributed by atoms with Crippen LogP contribution in [-0.2, 0) is 11.3 Å². The number of nitrogens with zero attached hydrogens (tertiary/aromatic N) is 1. The smallest absolute Gasteiger partial charge is 0.338 e. The van der Waals surface area contributed by atoms with E-state index in [0.717, 1.165) is 5.56 Å². The average Bonchev–Trinajstić information content (AvgIpc) is 3.33. The zero-order valence-corrected chi connectivity index (χ0v) is 24.8. The molecule has 1 unspecified atom stereocenters.